The maximum absolute atomic E-state index is 4.64. The lowest BCUT2D eigenvalue weighted by Crippen LogP contribution is -2.05. The van der Waals surface area contributed by atoms with Gasteiger partial charge in [0.05, 0.1) is 17.3 Å². The fraction of sp³-hybridized carbons (Fsp3) is 0.308. The lowest BCUT2D eigenvalue weighted by atomic mass is 10.1. The van der Waals surface area contributed by atoms with Crippen LogP contribution in [0.25, 0.3) is 22.3 Å². The second-order valence-corrected chi connectivity index (χ2v) is 5.47. The summed E-state index contributed by atoms with van der Waals surface area (Å²) in [6.45, 7) is 5.08. The molecule has 98 valence electrons. The molecule has 0 spiro atoms. The summed E-state index contributed by atoms with van der Waals surface area (Å²) in [5, 5.41) is 13.3. The molecular formula is C13H15N5S. The smallest absolute Gasteiger partial charge is 0.225 e. The predicted molar refractivity (Wildman–Crippen MR) is 78.5 cm³/mol. The van der Waals surface area contributed by atoms with Gasteiger partial charge in [-0.1, -0.05) is 6.92 Å². The molecular weight excluding hydrogens is 258 g/mol. The number of thiophene rings is 1. The fourth-order valence-corrected chi connectivity index (χ4v) is 2.69. The first kappa shape index (κ1) is 12.1. The maximum atomic E-state index is 4.64. The van der Waals surface area contributed by atoms with Crippen LogP contribution in [-0.4, -0.2) is 26.7 Å². The van der Waals surface area contributed by atoms with Gasteiger partial charge in [-0.2, -0.15) is 10.1 Å². The van der Waals surface area contributed by atoms with Crippen molar-refractivity contribution in [3.63, 3.8) is 0 Å². The highest BCUT2D eigenvalue weighted by Gasteiger charge is 2.13. The van der Waals surface area contributed by atoms with E-state index in [1.807, 2.05) is 0 Å². The van der Waals surface area contributed by atoms with Crippen molar-refractivity contribution in [3.05, 3.63) is 22.5 Å². The monoisotopic (exact) mass is 273 g/mol. The Morgan fingerprint density at radius 1 is 1.37 bits per heavy atom. The molecule has 0 aliphatic rings. The molecule has 0 saturated heterocycles. The Balaban J connectivity index is 2.16. The zero-order chi connectivity index (χ0) is 13.2. The van der Waals surface area contributed by atoms with E-state index in [9.17, 15) is 0 Å². The van der Waals surface area contributed by atoms with Gasteiger partial charge < -0.3 is 5.32 Å². The van der Waals surface area contributed by atoms with Crippen molar-refractivity contribution in [2.45, 2.75) is 20.3 Å². The third kappa shape index (κ3) is 2.19. The maximum Gasteiger partial charge on any atom is 0.225 e. The second-order valence-electron chi connectivity index (χ2n) is 4.35. The van der Waals surface area contributed by atoms with E-state index in [1.54, 1.807) is 17.5 Å². The van der Waals surface area contributed by atoms with Gasteiger partial charge in [0.25, 0.3) is 0 Å². The van der Waals surface area contributed by atoms with Crippen LogP contribution >= 0.6 is 11.3 Å². The summed E-state index contributed by atoms with van der Waals surface area (Å²) in [4.78, 5) is 10.3. The summed E-state index contributed by atoms with van der Waals surface area (Å²) in [6.07, 6.45) is 2.82. The average molecular weight is 273 g/mol. The van der Waals surface area contributed by atoms with Gasteiger partial charge in [0, 0.05) is 17.0 Å². The standard InChI is InChI=1S/C13H15N5S/c1-3-5-14-13-16-11(9-4-6-19-8(9)2)10-7-15-18-12(10)17-13/h4,6-7H,3,5H2,1-2H3,(H2,14,15,16,17,18). The van der Waals surface area contributed by atoms with Crippen LogP contribution in [0.5, 0.6) is 0 Å². The Labute approximate surface area is 115 Å². The molecule has 0 bridgehead atoms. The number of rotatable bonds is 4. The van der Waals surface area contributed by atoms with Crippen molar-refractivity contribution in [2.75, 3.05) is 11.9 Å². The topological polar surface area (TPSA) is 66.5 Å². The summed E-state index contributed by atoms with van der Waals surface area (Å²) in [5.74, 6) is 0.652. The molecule has 0 unspecified atom stereocenters. The molecule has 3 aromatic heterocycles. The van der Waals surface area contributed by atoms with Gasteiger partial charge in [-0.25, -0.2) is 4.98 Å². The van der Waals surface area contributed by atoms with E-state index in [4.69, 9.17) is 0 Å². The van der Waals surface area contributed by atoms with E-state index in [1.165, 1.54) is 4.88 Å². The molecule has 0 atom stereocenters. The molecule has 0 amide bonds. The van der Waals surface area contributed by atoms with Gasteiger partial charge in [0.1, 0.15) is 0 Å². The van der Waals surface area contributed by atoms with Crippen LogP contribution in [-0.2, 0) is 0 Å². The van der Waals surface area contributed by atoms with Gasteiger partial charge in [0.2, 0.25) is 5.95 Å². The molecule has 0 radical (unpaired) electrons. The Kier molecular flexibility index (Phi) is 3.16. The van der Waals surface area contributed by atoms with E-state index in [0.717, 1.165) is 35.3 Å². The highest BCUT2D eigenvalue weighted by atomic mass is 32.1. The molecule has 0 aromatic carbocycles. The molecule has 0 aliphatic carbocycles. The Bertz CT molecular complexity index is 700. The first-order chi connectivity index (χ1) is 9.29. The molecule has 0 saturated carbocycles. The van der Waals surface area contributed by atoms with Crippen molar-refractivity contribution in [1.82, 2.24) is 20.2 Å². The molecule has 2 N–H and O–H groups in total. The van der Waals surface area contributed by atoms with Gasteiger partial charge in [-0.3, -0.25) is 5.10 Å². The van der Waals surface area contributed by atoms with E-state index in [-0.39, 0.29) is 0 Å². The van der Waals surface area contributed by atoms with Gasteiger partial charge in [-0.15, -0.1) is 11.3 Å². The minimum Gasteiger partial charge on any atom is -0.354 e. The van der Waals surface area contributed by atoms with Crippen LogP contribution in [0, 0.1) is 6.92 Å². The van der Waals surface area contributed by atoms with E-state index in [2.05, 4.69) is 50.8 Å². The summed E-state index contributed by atoms with van der Waals surface area (Å²) in [6, 6.07) is 2.10. The quantitative estimate of drug-likeness (QED) is 0.766. The van der Waals surface area contributed by atoms with Gasteiger partial charge in [-0.05, 0) is 24.8 Å². The molecule has 0 fully saturated rings. The van der Waals surface area contributed by atoms with Crippen LogP contribution in [0.15, 0.2) is 17.6 Å². The Morgan fingerprint density at radius 3 is 3.00 bits per heavy atom. The summed E-state index contributed by atoms with van der Waals surface area (Å²) >= 11 is 1.72. The summed E-state index contributed by atoms with van der Waals surface area (Å²) in [5.41, 5.74) is 2.86. The van der Waals surface area contributed by atoms with Crippen LogP contribution in [0.2, 0.25) is 0 Å². The van der Waals surface area contributed by atoms with Gasteiger partial charge in [0.15, 0.2) is 5.65 Å². The van der Waals surface area contributed by atoms with Crippen molar-refractivity contribution in [3.8, 4) is 11.3 Å². The van der Waals surface area contributed by atoms with Crippen LogP contribution < -0.4 is 5.32 Å². The number of aromatic nitrogens is 4. The van der Waals surface area contributed by atoms with E-state index >= 15 is 0 Å². The SMILES string of the molecule is CCCNc1nc(-c2ccsc2C)c2cn[nH]c2n1. The second kappa shape index (κ2) is 4.97. The highest BCUT2D eigenvalue weighted by molar-refractivity contribution is 7.10. The number of nitrogens with one attached hydrogen (secondary N) is 2. The highest BCUT2D eigenvalue weighted by Crippen LogP contribution is 2.31. The molecule has 6 heteroatoms. The number of anilines is 1. The molecule has 19 heavy (non-hydrogen) atoms. The third-order valence-corrected chi connectivity index (χ3v) is 3.80. The van der Waals surface area contributed by atoms with Crippen molar-refractivity contribution in [2.24, 2.45) is 0 Å². The van der Waals surface area contributed by atoms with Crippen molar-refractivity contribution >= 4 is 28.3 Å². The lowest BCUT2D eigenvalue weighted by molar-refractivity contribution is 0.955. The molecule has 3 rings (SSSR count). The number of aromatic amines is 1. The number of hydrogen-bond donors (Lipinski definition) is 2. The number of hydrogen-bond acceptors (Lipinski definition) is 5. The number of fused-ring (bicyclic) bond motifs is 1. The Morgan fingerprint density at radius 2 is 2.26 bits per heavy atom. The van der Waals surface area contributed by atoms with Crippen molar-refractivity contribution < 1.29 is 0 Å². The minimum absolute atomic E-state index is 0.652. The largest absolute Gasteiger partial charge is 0.354 e. The summed E-state index contributed by atoms with van der Waals surface area (Å²) in [7, 11) is 0. The van der Waals surface area contributed by atoms with Crippen molar-refractivity contribution in [1.29, 1.82) is 0 Å². The van der Waals surface area contributed by atoms with Crippen LogP contribution in [0.4, 0.5) is 5.95 Å². The number of H-pyrrole nitrogens is 1. The molecule has 0 aliphatic heterocycles. The lowest BCUT2D eigenvalue weighted by Gasteiger charge is -2.06. The average Bonchev–Trinajstić information content (AvgIpc) is 3.03. The molecule has 5 nitrogen and oxygen atoms in total. The summed E-state index contributed by atoms with van der Waals surface area (Å²) < 4.78 is 0. The van der Waals surface area contributed by atoms with E-state index in [0.29, 0.717) is 5.95 Å². The Hall–Kier alpha value is -1.95. The van der Waals surface area contributed by atoms with E-state index < -0.39 is 0 Å². The van der Waals surface area contributed by atoms with Gasteiger partial charge >= 0.3 is 0 Å². The zero-order valence-corrected chi connectivity index (χ0v) is 11.7. The fourth-order valence-electron chi connectivity index (χ4n) is 1.99. The minimum atomic E-state index is 0.652. The normalized spacial score (nSPS) is 11.1. The predicted octanol–water partition coefficient (Wildman–Crippen LogP) is 3.21. The number of nitrogens with zero attached hydrogens (tertiary/aromatic N) is 3. The first-order valence-electron chi connectivity index (χ1n) is 6.29. The number of aryl methyl sites for hydroxylation is 1. The third-order valence-electron chi connectivity index (χ3n) is 2.96. The van der Waals surface area contributed by atoms with Crippen LogP contribution in [0.1, 0.15) is 18.2 Å². The molecule has 3 heterocycles. The molecule has 3 aromatic rings. The van der Waals surface area contributed by atoms with Crippen LogP contribution in [0.3, 0.4) is 0 Å². The zero-order valence-electron chi connectivity index (χ0n) is 10.9. The first-order valence-corrected chi connectivity index (χ1v) is 7.17.